The number of alkyl halides is 1. The molecule has 2 aromatic rings. The first-order valence-corrected chi connectivity index (χ1v) is 8.55. The number of hydrogen-bond donors (Lipinski definition) is 0. The molecule has 0 aliphatic carbocycles. The quantitative estimate of drug-likeness (QED) is 0.369. The molecule has 108 valence electrons. The van der Waals surface area contributed by atoms with Crippen LogP contribution in [0.1, 0.15) is 43.4 Å². The summed E-state index contributed by atoms with van der Waals surface area (Å²) in [6.45, 7) is 2.20. The Kier molecular flexibility index (Phi) is 6.48. The van der Waals surface area contributed by atoms with Crippen LogP contribution in [0, 0.1) is 0 Å². The van der Waals surface area contributed by atoms with Crippen molar-refractivity contribution in [2.45, 2.75) is 49.1 Å². The summed E-state index contributed by atoms with van der Waals surface area (Å²) in [6, 6.07) is 8.32. The summed E-state index contributed by atoms with van der Waals surface area (Å²) in [5, 5.41) is 0. The second kappa shape index (κ2) is 8.38. The van der Waals surface area contributed by atoms with Gasteiger partial charge in [0.2, 0.25) is 0 Å². The summed E-state index contributed by atoms with van der Waals surface area (Å²) < 4.78 is 5.74. The molecule has 0 saturated carbocycles. The number of benzene rings is 1. The second-order valence-corrected chi connectivity index (χ2v) is 6.06. The van der Waals surface area contributed by atoms with E-state index in [1.807, 2.05) is 6.20 Å². The lowest BCUT2D eigenvalue weighted by molar-refractivity contribution is 0.459. The van der Waals surface area contributed by atoms with Gasteiger partial charge < -0.3 is 4.42 Å². The molecule has 0 unspecified atom stereocenters. The molecular formula is C16H20ClNOS. The van der Waals surface area contributed by atoms with Crippen LogP contribution in [0.2, 0.25) is 0 Å². The highest BCUT2D eigenvalue weighted by atomic mass is 35.5. The number of nitrogens with zero attached hydrogens (tertiary/aromatic N) is 1. The Morgan fingerprint density at radius 3 is 2.70 bits per heavy atom. The molecule has 2 nitrogen and oxygen atoms in total. The van der Waals surface area contributed by atoms with Crippen LogP contribution in [0.15, 0.2) is 39.8 Å². The van der Waals surface area contributed by atoms with Crippen molar-refractivity contribution in [1.82, 2.24) is 4.98 Å². The molecule has 0 spiro atoms. The number of aromatic nitrogens is 1. The summed E-state index contributed by atoms with van der Waals surface area (Å²) in [7, 11) is 0. The molecule has 0 amide bonds. The van der Waals surface area contributed by atoms with Gasteiger partial charge >= 0.3 is 0 Å². The monoisotopic (exact) mass is 309 g/mol. The second-order valence-electron chi connectivity index (χ2n) is 4.74. The predicted octanol–water partition coefficient (Wildman–Crippen LogP) is 5.44. The molecule has 2 rings (SSSR count). The van der Waals surface area contributed by atoms with Gasteiger partial charge in [0.05, 0.1) is 11.9 Å². The highest BCUT2D eigenvalue weighted by Crippen LogP contribution is 2.24. The van der Waals surface area contributed by atoms with E-state index in [0.717, 1.165) is 35.8 Å². The van der Waals surface area contributed by atoms with Crippen molar-refractivity contribution in [2.24, 2.45) is 0 Å². The highest BCUT2D eigenvalue weighted by Gasteiger charge is 2.04. The highest BCUT2D eigenvalue weighted by molar-refractivity contribution is 7.98. The van der Waals surface area contributed by atoms with Gasteiger partial charge in [-0.05, 0) is 24.1 Å². The normalized spacial score (nSPS) is 10.9. The van der Waals surface area contributed by atoms with E-state index < -0.39 is 0 Å². The van der Waals surface area contributed by atoms with Crippen LogP contribution in [-0.4, -0.2) is 4.98 Å². The van der Waals surface area contributed by atoms with Gasteiger partial charge in [0.1, 0.15) is 5.76 Å². The predicted molar refractivity (Wildman–Crippen MR) is 85.3 cm³/mol. The lowest BCUT2D eigenvalue weighted by Crippen LogP contribution is -1.84. The van der Waals surface area contributed by atoms with Crippen LogP contribution >= 0.6 is 23.4 Å². The summed E-state index contributed by atoms with van der Waals surface area (Å²) in [6.07, 6.45) is 6.41. The number of rotatable bonds is 8. The number of thioether (sulfide) groups is 1. The molecule has 1 aromatic heterocycles. The van der Waals surface area contributed by atoms with E-state index in [-0.39, 0.29) is 0 Å². The molecule has 4 heteroatoms. The minimum Gasteiger partial charge on any atom is -0.445 e. The standard InChI is InChI=1S/C16H20ClNOS/c1-2-3-4-5-16-18-11-14(19-16)12-20-15-8-6-13(10-17)7-9-15/h6-9,11H,2-5,10,12H2,1H3. The molecule has 20 heavy (non-hydrogen) atoms. The number of aryl methyl sites for hydroxylation is 1. The lowest BCUT2D eigenvalue weighted by atomic mass is 10.2. The Hall–Kier alpha value is -0.930. The first-order valence-electron chi connectivity index (χ1n) is 7.03. The molecule has 0 aliphatic heterocycles. The molecule has 1 heterocycles. The average molecular weight is 310 g/mol. The van der Waals surface area contributed by atoms with E-state index in [1.165, 1.54) is 17.7 Å². The SMILES string of the molecule is CCCCCc1ncc(CSc2ccc(CCl)cc2)o1. The van der Waals surface area contributed by atoms with Crippen LogP contribution < -0.4 is 0 Å². The van der Waals surface area contributed by atoms with E-state index in [1.54, 1.807) is 11.8 Å². The van der Waals surface area contributed by atoms with Crippen molar-refractivity contribution in [3.63, 3.8) is 0 Å². The van der Waals surface area contributed by atoms with Crippen LogP contribution in [0.25, 0.3) is 0 Å². The van der Waals surface area contributed by atoms with Gasteiger partial charge in [0.25, 0.3) is 0 Å². The molecule has 0 saturated heterocycles. The van der Waals surface area contributed by atoms with Crippen LogP contribution in [-0.2, 0) is 18.1 Å². The minimum atomic E-state index is 0.564. The third-order valence-electron chi connectivity index (χ3n) is 3.05. The first kappa shape index (κ1) is 15.5. The average Bonchev–Trinajstić information content (AvgIpc) is 2.94. The Morgan fingerprint density at radius 1 is 1.20 bits per heavy atom. The first-order chi connectivity index (χ1) is 9.81. The van der Waals surface area contributed by atoms with Crippen molar-refractivity contribution in [3.05, 3.63) is 47.7 Å². The van der Waals surface area contributed by atoms with Crippen LogP contribution in [0.3, 0.4) is 0 Å². The van der Waals surface area contributed by atoms with Crippen molar-refractivity contribution in [3.8, 4) is 0 Å². The third kappa shape index (κ3) is 4.88. The molecular weight excluding hydrogens is 290 g/mol. The molecule has 1 aromatic carbocycles. The zero-order valence-corrected chi connectivity index (χ0v) is 13.3. The van der Waals surface area contributed by atoms with Crippen molar-refractivity contribution in [1.29, 1.82) is 0 Å². The number of halogens is 1. The summed E-state index contributed by atoms with van der Waals surface area (Å²) in [4.78, 5) is 5.56. The van der Waals surface area contributed by atoms with E-state index in [2.05, 4.69) is 36.2 Å². The van der Waals surface area contributed by atoms with Crippen molar-refractivity contribution >= 4 is 23.4 Å². The van der Waals surface area contributed by atoms with E-state index in [9.17, 15) is 0 Å². The smallest absolute Gasteiger partial charge is 0.194 e. The molecule has 0 bridgehead atoms. The van der Waals surface area contributed by atoms with E-state index in [4.69, 9.17) is 16.0 Å². The molecule has 0 radical (unpaired) electrons. The molecule has 0 aliphatic rings. The van der Waals surface area contributed by atoms with Gasteiger partial charge in [0.15, 0.2) is 5.89 Å². The molecule has 0 N–H and O–H groups in total. The van der Waals surface area contributed by atoms with E-state index >= 15 is 0 Å². The Morgan fingerprint density at radius 2 is 2.00 bits per heavy atom. The number of hydrogen-bond acceptors (Lipinski definition) is 3. The van der Waals surface area contributed by atoms with Gasteiger partial charge in [-0.25, -0.2) is 4.98 Å². The fourth-order valence-corrected chi connectivity index (χ4v) is 2.83. The molecule has 0 fully saturated rings. The maximum atomic E-state index is 5.78. The van der Waals surface area contributed by atoms with Crippen LogP contribution in [0.4, 0.5) is 0 Å². The lowest BCUT2D eigenvalue weighted by Gasteiger charge is -2.00. The van der Waals surface area contributed by atoms with Gasteiger partial charge in [-0.2, -0.15) is 0 Å². The van der Waals surface area contributed by atoms with Gasteiger partial charge in [0, 0.05) is 17.2 Å². The van der Waals surface area contributed by atoms with Crippen molar-refractivity contribution < 1.29 is 4.42 Å². The topological polar surface area (TPSA) is 26.0 Å². The Bertz CT molecular complexity index is 509. The Labute approximate surface area is 129 Å². The van der Waals surface area contributed by atoms with Crippen molar-refractivity contribution in [2.75, 3.05) is 0 Å². The van der Waals surface area contributed by atoms with Crippen LogP contribution in [0.5, 0.6) is 0 Å². The zero-order valence-electron chi connectivity index (χ0n) is 11.8. The molecule has 0 atom stereocenters. The maximum absolute atomic E-state index is 5.78. The maximum Gasteiger partial charge on any atom is 0.194 e. The largest absolute Gasteiger partial charge is 0.445 e. The Balaban J connectivity index is 1.81. The minimum absolute atomic E-state index is 0.564. The fraction of sp³-hybridized carbons (Fsp3) is 0.438. The van der Waals surface area contributed by atoms with Gasteiger partial charge in [-0.15, -0.1) is 23.4 Å². The summed E-state index contributed by atoms with van der Waals surface area (Å²) in [5.41, 5.74) is 1.15. The third-order valence-corrected chi connectivity index (χ3v) is 4.40. The summed E-state index contributed by atoms with van der Waals surface area (Å²) >= 11 is 7.53. The van der Waals surface area contributed by atoms with Gasteiger partial charge in [-0.3, -0.25) is 0 Å². The zero-order chi connectivity index (χ0) is 14.2. The van der Waals surface area contributed by atoms with E-state index in [0.29, 0.717) is 5.88 Å². The number of unbranched alkanes of at least 4 members (excludes halogenated alkanes) is 2. The summed E-state index contributed by atoms with van der Waals surface area (Å²) in [5.74, 6) is 3.20. The van der Waals surface area contributed by atoms with Gasteiger partial charge in [-0.1, -0.05) is 31.9 Å². The fourth-order valence-electron chi connectivity index (χ4n) is 1.89. The number of oxazole rings is 1.